The fraction of sp³-hybridized carbons (Fsp3) is 1.00. The lowest BCUT2D eigenvalue weighted by molar-refractivity contribution is 0.0798. The lowest BCUT2D eigenvalue weighted by atomic mass is 9.93. The number of hydrogen-bond donors (Lipinski definition) is 1. The summed E-state index contributed by atoms with van der Waals surface area (Å²) in [4.78, 5) is 2.71. The third kappa shape index (κ3) is 5.39. The maximum Gasteiger partial charge on any atom is 0.00965 e. The third-order valence-corrected chi connectivity index (χ3v) is 3.95. The molecule has 0 aromatic heterocycles. The Labute approximate surface area is 108 Å². The molecule has 0 aliphatic carbocycles. The van der Waals surface area contributed by atoms with Crippen LogP contribution < -0.4 is 5.32 Å². The summed E-state index contributed by atoms with van der Waals surface area (Å²) in [6.07, 6.45) is 4.04. The summed E-state index contributed by atoms with van der Waals surface area (Å²) in [5.74, 6) is 0.879. The normalized spacial score (nSPS) is 29.3. The van der Waals surface area contributed by atoms with Crippen LogP contribution in [0, 0.1) is 5.92 Å². The molecule has 1 rings (SSSR count). The van der Waals surface area contributed by atoms with E-state index in [-0.39, 0.29) is 5.54 Å². The lowest BCUT2D eigenvalue weighted by Gasteiger charge is -2.41. The average Bonchev–Trinajstić information content (AvgIpc) is 2.19. The first kappa shape index (κ1) is 15.0. The molecule has 3 unspecified atom stereocenters. The minimum atomic E-state index is 0.251. The van der Waals surface area contributed by atoms with Crippen LogP contribution in [0.5, 0.6) is 0 Å². The average molecular weight is 240 g/mol. The van der Waals surface area contributed by atoms with E-state index in [0.29, 0.717) is 6.04 Å². The molecule has 0 amide bonds. The SMILES string of the molecule is CC1CCC(C)N(C(C)CCNC(C)(C)C)C1. The molecule has 1 heterocycles. The molecule has 0 saturated carbocycles. The van der Waals surface area contributed by atoms with Gasteiger partial charge in [0.1, 0.15) is 0 Å². The van der Waals surface area contributed by atoms with Gasteiger partial charge in [-0.2, -0.15) is 0 Å². The highest BCUT2D eigenvalue weighted by Crippen LogP contribution is 2.24. The summed E-state index contributed by atoms with van der Waals surface area (Å²) < 4.78 is 0. The predicted octanol–water partition coefficient (Wildman–Crippen LogP) is 3.27. The summed E-state index contributed by atoms with van der Waals surface area (Å²) in [5.41, 5.74) is 0.251. The molecule has 1 fully saturated rings. The van der Waals surface area contributed by atoms with Crippen molar-refractivity contribution in [2.24, 2.45) is 5.92 Å². The van der Waals surface area contributed by atoms with Gasteiger partial charge in [-0.05, 0) is 66.3 Å². The van der Waals surface area contributed by atoms with Crippen LogP contribution in [0.1, 0.15) is 60.8 Å². The zero-order valence-corrected chi connectivity index (χ0v) is 12.7. The molecule has 1 aliphatic heterocycles. The Morgan fingerprint density at radius 2 is 1.88 bits per heavy atom. The fourth-order valence-corrected chi connectivity index (χ4v) is 2.76. The summed E-state index contributed by atoms with van der Waals surface area (Å²) in [5, 5.41) is 3.59. The molecule has 0 radical (unpaired) electrons. The van der Waals surface area contributed by atoms with E-state index in [2.05, 4.69) is 51.8 Å². The Hall–Kier alpha value is -0.0800. The second-order valence-corrected chi connectivity index (χ2v) is 7.04. The maximum atomic E-state index is 3.59. The van der Waals surface area contributed by atoms with Crippen molar-refractivity contribution in [1.82, 2.24) is 10.2 Å². The quantitative estimate of drug-likeness (QED) is 0.811. The van der Waals surface area contributed by atoms with Crippen LogP contribution in [0.2, 0.25) is 0 Å². The lowest BCUT2D eigenvalue weighted by Crippen LogP contribution is -2.47. The van der Waals surface area contributed by atoms with Gasteiger partial charge in [-0.25, -0.2) is 0 Å². The van der Waals surface area contributed by atoms with Crippen molar-refractivity contribution in [3.63, 3.8) is 0 Å². The molecule has 0 aromatic carbocycles. The topological polar surface area (TPSA) is 15.3 Å². The van der Waals surface area contributed by atoms with Gasteiger partial charge in [0.15, 0.2) is 0 Å². The van der Waals surface area contributed by atoms with Crippen molar-refractivity contribution in [3.8, 4) is 0 Å². The van der Waals surface area contributed by atoms with E-state index >= 15 is 0 Å². The number of nitrogens with one attached hydrogen (secondary N) is 1. The van der Waals surface area contributed by atoms with Crippen molar-refractivity contribution >= 4 is 0 Å². The van der Waals surface area contributed by atoms with E-state index in [1.807, 2.05) is 0 Å². The maximum absolute atomic E-state index is 3.59. The molecule has 2 heteroatoms. The first-order chi connectivity index (χ1) is 7.79. The molecule has 0 spiro atoms. The second kappa shape index (κ2) is 6.19. The van der Waals surface area contributed by atoms with E-state index in [1.54, 1.807) is 0 Å². The van der Waals surface area contributed by atoms with Crippen LogP contribution in [0.25, 0.3) is 0 Å². The highest BCUT2D eigenvalue weighted by atomic mass is 15.2. The van der Waals surface area contributed by atoms with Gasteiger partial charge in [0.2, 0.25) is 0 Å². The van der Waals surface area contributed by atoms with E-state index in [0.717, 1.165) is 18.5 Å². The van der Waals surface area contributed by atoms with E-state index < -0.39 is 0 Å². The van der Waals surface area contributed by atoms with Gasteiger partial charge in [0.05, 0.1) is 0 Å². The molecule has 17 heavy (non-hydrogen) atoms. The summed E-state index contributed by atoms with van der Waals surface area (Å²) >= 11 is 0. The van der Waals surface area contributed by atoms with Gasteiger partial charge >= 0.3 is 0 Å². The second-order valence-electron chi connectivity index (χ2n) is 7.04. The highest BCUT2D eigenvalue weighted by molar-refractivity contribution is 4.82. The van der Waals surface area contributed by atoms with Crippen LogP contribution >= 0.6 is 0 Å². The molecular formula is C15H32N2. The van der Waals surface area contributed by atoms with Crippen LogP contribution in [0.4, 0.5) is 0 Å². The number of likely N-dealkylation sites (tertiary alicyclic amines) is 1. The van der Waals surface area contributed by atoms with E-state index in [4.69, 9.17) is 0 Å². The largest absolute Gasteiger partial charge is 0.312 e. The smallest absolute Gasteiger partial charge is 0.00965 e. The zero-order chi connectivity index (χ0) is 13.1. The van der Waals surface area contributed by atoms with Gasteiger partial charge < -0.3 is 5.32 Å². The highest BCUT2D eigenvalue weighted by Gasteiger charge is 2.26. The standard InChI is InChI=1S/C15H32N2/c1-12-7-8-13(2)17(11-12)14(3)9-10-16-15(4,5)6/h12-14,16H,7-11H2,1-6H3. The molecule has 1 saturated heterocycles. The van der Waals surface area contributed by atoms with Crippen molar-refractivity contribution < 1.29 is 0 Å². The Kier molecular flexibility index (Phi) is 5.46. The first-order valence-electron chi connectivity index (χ1n) is 7.30. The summed E-state index contributed by atoms with van der Waals surface area (Å²) in [6.45, 7) is 16.3. The number of rotatable bonds is 4. The Bertz CT molecular complexity index is 219. The van der Waals surface area contributed by atoms with Gasteiger partial charge in [0, 0.05) is 24.2 Å². The molecule has 1 aliphatic rings. The van der Waals surface area contributed by atoms with Gasteiger partial charge in [-0.15, -0.1) is 0 Å². The van der Waals surface area contributed by atoms with Gasteiger partial charge in [-0.1, -0.05) is 6.92 Å². The monoisotopic (exact) mass is 240 g/mol. The van der Waals surface area contributed by atoms with E-state index in [1.165, 1.54) is 25.8 Å². The van der Waals surface area contributed by atoms with Crippen LogP contribution in [0.15, 0.2) is 0 Å². The first-order valence-corrected chi connectivity index (χ1v) is 7.30. The Balaban J connectivity index is 2.33. The van der Waals surface area contributed by atoms with Gasteiger partial charge in [-0.3, -0.25) is 4.90 Å². The molecule has 0 bridgehead atoms. The van der Waals surface area contributed by atoms with Crippen LogP contribution in [0.3, 0.4) is 0 Å². The minimum Gasteiger partial charge on any atom is -0.312 e. The van der Waals surface area contributed by atoms with Crippen LogP contribution in [-0.2, 0) is 0 Å². The Morgan fingerprint density at radius 3 is 2.47 bits per heavy atom. The van der Waals surface area contributed by atoms with Crippen molar-refractivity contribution in [2.45, 2.75) is 78.4 Å². The number of piperidine rings is 1. The van der Waals surface area contributed by atoms with Crippen LogP contribution in [-0.4, -0.2) is 35.6 Å². The fourth-order valence-electron chi connectivity index (χ4n) is 2.76. The predicted molar refractivity (Wildman–Crippen MR) is 76.4 cm³/mol. The molecule has 102 valence electrons. The number of hydrogen-bond acceptors (Lipinski definition) is 2. The van der Waals surface area contributed by atoms with E-state index in [9.17, 15) is 0 Å². The van der Waals surface area contributed by atoms with Gasteiger partial charge in [0.25, 0.3) is 0 Å². The number of nitrogens with zero attached hydrogens (tertiary/aromatic N) is 1. The van der Waals surface area contributed by atoms with Crippen molar-refractivity contribution in [2.75, 3.05) is 13.1 Å². The summed E-state index contributed by atoms with van der Waals surface area (Å²) in [7, 11) is 0. The molecule has 1 N–H and O–H groups in total. The minimum absolute atomic E-state index is 0.251. The Morgan fingerprint density at radius 1 is 1.24 bits per heavy atom. The molecular weight excluding hydrogens is 208 g/mol. The molecule has 2 nitrogen and oxygen atoms in total. The third-order valence-electron chi connectivity index (χ3n) is 3.95. The van der Waals surface area contributed by atoms with Crippen molar-refractivity contribution in [1.29, 1.82) is 0 Å². The molecule has 3 atom stereocenters. The summed E-state index contributed by atoms with van der Waals surface area (Å²) in [6, 6.07) is 1.48. The molecule has 0 aromatic rings. The zero-order valence-electron chi connectivity index (χ0n) is 12.7. The van der Waals surface area contributed by atoms with Crippen molar-refractivity contribution in [3.05, 3.63) is 0 Å².